The summed E-state index contributed by atoms with van der Waals surface area (Å²) in [5.74, 6) is -1.80. The number of benzene rings is 3. The van der Waals surface area contributed by atoms with E-state index in [0.29, 0.717) is 29.2 Å². The van der Waals surface area contributed by atoms with Gasteiger partial charge in [0.1, 0.15) is 11.5 Å². The van der Waals surface area contributed by atoms with Gasteiger partial charge in [0.2, 0.25) is 0 Å². The number of aryl methyl sites for hydroxylation is 1. The number of Topliss-reactive ketones (excluding diaryl/α,β-unsaturated/α-hetero) is 1. The van der Waals surface area contributed by atoms with E-state index in [1.165, 1.54) is 12.0 Å². The number of anilines is 1. The van der Waals surface area contributed by atoms with Crippen molar-refractivity contribution in [1.29, 1.82) is 0 Å². The summed E-state index contributed by atoms with van der Waals surface area (Å²) < 4.78 is 10.4. The second kappa shape index (κ2) is 10.5. The highest BCUT2D eigenvalue weighted by Gasteiger charge is 2.47. The number of ether oxygens (including phenoxy) is 2. The summed E-state index contributed by atoms with van der Waals surface area (Å²) in [6.07, 6.45) is 0.0994. The van der Waals surface area contributed by atoms with Crippen LogP contribution in [0.1, 0.15) is 35.2 Å². The van der Waals surface area contributed by atoms with E-state index in [2.05, 4.69) is 0 Å². The summed E-state index contributed by atoms with van der Waals surface area (Å²) in [5, 5.41) is 11.4. The first-order valence-electron chi connectivity index (χ1n) is 11.6. The maximum Gasteiger partial charge on any atom is 0.310 e. The van der Waals surface area contributed by atoms with Crippen molar-refractivity contribution in [1.82, 2.24) is 0 Å². The minimum atomic E-state index is -0.854. The summed E-state index contributed by atoms with van der Waals surface area (Å²) in [7, 11) is 1.48. The number of amides is 1. The highest BCUT2D eigenvalue weighted by Crippen LogP contribution is 2.43. The van der Waals surface area contributed by atoms with Gasteiger partial charge in [-0.25, -0.2) is 0 Å². The molecule has 0 aromatic heterocycles. The first kappa shape index (κ1) is 24.7. The molecule has 4 rings (SSSR count). The van der Waals surface area contributed by atoms with Crippen LogP contribution in [0.2, 0.25) is 0 Å². The van der Waals surface area contributed by atoms with Crippen molar-refractivity contribution in [3.05, 3.63) is 101 Å². The molecular weight excluding hydrogens is 458 g/mol. The zero-order valence-corrected chi connectivity index (χ0v) is 20.4. The first-order chi connectivity index (χ1) is 17.3. The van der Waals surface area contributed by atoms with Gasteiger partial charge in [0.05, 0.1) is 37.3 Å². The number of carbonyl (C=O) groups excluding carboxylic acids is 3. The topological polar surface area (TPSA) is 93.1 Å². The van der Waals surface area contributed by atoms with Crippen molar-refractivity contribution < 1.29 is 29.0 Å². The lowest BCUT2D eigenvalue weighted by molar-refractivity contribution is -0.142. The zero-order valence-electron chi connectivity index (χ0n) is 20.4. The van der Waals surface area contributed by atoms with E-state index in [1.54, 1.807) is 55.5 Å². The number of nitrogens with zero attached hydrogens (tertiary/aromatic N) is 1. The van der Waals surface area contributed by atoms with Gasteiger partial charge in [-0.3, -0.25) is 19.3 Å². The van der Waals surface area contributed by atoms with Gasteiger partial charge >= 0.3 is 5.97 Å². The first-order valence-corrected chi connectivity index (χ1v) is 11.6. The average molecular weight is 486 g/mol. The van der Waals surface area contributed by atoms with Crippen LogP contribution >= 0.6 is 0 Å². The van der Waals surface area contributed by atoms with Gasteiger partial charge in [0, 0.05) is 5.69 Å². The molecule has 1 atom stereocenters. The summed E-state index contributed by atoms with van der Waals surface area (Å²) in [5.41, 5.74) is 3.02. The number of hydrogen-bond acceptors (Lipinski definition) is 6. The van der Waals surface area contributed by atoms with Crippen molar-refractivity contribution >= 4 is 29.1 Å². The smallest absolute Gasteiger partial charge is 0.310 e. The average Bonchev–Trinajstić information content (AvgIpc) is 3.15. The lowest BCUT2D eigenvalue weighted by Gasteiger charge is -2.25. The normalized spacial score (nSPS) is 16.8. The molecule has 1 amide bonds. The van der Waals surface area contributed by atoms with E-state index < -0.39 is 17.7 Å². The molecular formula is C29H27NO6. The minimum Gasteiger partial charge on any atom is -0.507 e. The van der Waals surface area contributed by atoms with Crippen molar-refractivity contribution in [2.24, 2.45) is 0 Å². The Morgan fingerprint density at radius 1 is 1.00 bits per heavy atom. The van der Waals surface area contributed by atoms with E-state index in [4.69, 9.17) is 9.47 Å². The Morgan fingerprint density at radius 2 is 1.69 bits per heavy atom. The lowest BCUT2D eigenvalue weighted by atomic mass is 9.94. The number of rotatable bonds is 7. The van der Waals surface area contributed by atoms with Crippen LogP contribution in [0.3, 0.4) is 0 Å². The fourth-order valence-corrected chi connectivity index (χ4v) is 4.35. The van der Waals surface area contributed by atoms with Gasteiger partial charge < -0.3 is 14.6 Å². The fraction of sp³-hybridized carbons (Fsp3) is 0.207. The number of carbonyl (C=O) groups is 3. The second-order valence-electron chi connectivity index (χ2n) is 8.43. The molecule has 0 spiro atoms. The van der Waals surface area contributed by atoms with Crippen LogP contribution in [0.4, 0.5) is 5.69 Å². The van der Waals surface area contributed by atoms with Crippen LogP contribution in [0.25, 0.3) is 5.76 Å². The summed E-state index contributed by atoms with van der Waals surface area (Å²) in [4.78, 5) is 39.9. The molecule has 0 aliphatic carbocycles. The Hall–Kier alpha value is -4.39. The standard InChI is InChI=1S/C29H27NO6/c1-4-36-24(31)17-19-11-13-21(14-12-19)30-26(20-8-6-5-7-9-20)25(28(33)29(30)34)27(32)22-16-18(2)10-15-23(22)35-3/h5-16,26,32H,4,17H2,1-3H3/b27-25+. The molecule has 1 aliphatic heterocycles. The van der Waals surface area contributed by atoms with Crippen molar-refractivity contribution in [2.75, 3.05) is 18.6 Å². The van der Waals surface area contributed by atoms with Crippen molar-refractivity contribution in [2.45, 2.75) is 26.3 Å². The van der Waals surface area contributed by atoms with Gasteiger partial charge in [-0.05, 0) is 49.2 Å². The third kappa shape index (κ3) is 4.73. The number of hydrogen-bond donors (Lipinski definition) is 1. The number of aliphatic hydroxyl groups excluding tert-OH is 1. The fourth-order valence-electron chi connectivity index (χ4n) is 4.35. The van der Waals surface area contributed by atoms with Crippen LogP contribution in [0.15, 0.2) is 78.4 Å². The maximum absolute atomic E-state index is 13.3. The van der Waals surface area contributed by atoms with Crippen LogP contribution in [-0.2, 0) is 25.5 Å². The minimum absolute atomic E-state index is 0.0225. The highest BCUT2D eigenvalue weighted by atomic mass is 16.5. The molecule has 184 valence electrons. The zero-order chi connectivity index (χ0) is 25.8. The SMILES string of the molecule is CCOC(=O)Cc1ccc(N2C(=O)C(=O)/C(=C(/O)c3cc(C)ccc3OC)C2c2ccccc2)cc1. The van der Waals surface area contributed by atoms with E-state index in [1.807, 2.05) is 31.2 Å². The molecule has 0 bridgehead atoms. The molecule has 1 heterocycles. The molecule has 36 heavy (non-hydrogen) atoms. The lowest BCUT2D eigenvalue weighted by Crippen LogP contribution is -2.29. The third-order valence-electron chi connectivity index (χ3n) is 6.04. The van der Waals surface area contributed by atoms with Crippen LogP contribution in [0, 0.1) is 6.92 Å². The predicted octanol–water partition coefficient (Wildman–Crippen LogP) is 4.74. The predicted molar refractivity (Wildman–Crippen MR) is 136 cm³/mol. The Bertz CT molecular complexity index is 1330. The molecule has 0 radical (unpaired) electrons. The third-order valence-corrected chi connectivity index (χ3v) is 6.04. The molecule has 7 heteroatoms. The Morgan fingerprint density at radius 3 is 2.33 bits per heavy atom. The van der Waals surface area contributed by atoms with Crippen molar-refractivity contribution in [3.8, 4) is 5.75 Å². The molecule has 3 aromatic rings. The summed E-state index contributed by atoms with van der Waals surface area (Å²) in [6.45, 7) is 3.90. The monoisotopic (exact) mass is 485 g/mol. The maximum atomic E-state index is 13.3. The number of methoxy groups -OCH3 is 1. The van der Waals surface area contributed by atoms with Crippen LogP contribution in [-0.4, -0.2) is 36.5 Å². The van der Waals surface area contributed by atoms with Gasteiger partial charge in [0.25, 0.3) is 11.7 Å². The van der Waals surface area contributed by atoms with E-state index in [9.17, 15) is 19.5 Å². The Balaban J connectivity index is 1.83. The summed E-state index contributed by atoms with van der Waals surface area (Å²) in [6, 6.07) is 20.3. The Labute approximate surface area is 209 Å². The van der Waals surface area contributed by atoms with E-state index >= 15 is 0 Å². The quantitative estimate of drug-likeness (QED) is 0.225. The van der Waals surface area contributed by atoms with Gasteiger partial charge in [-0.1, -0.05) is 54.1 Å². The van der Waals surface area contributed by atoms with E-state index in [0.717, 1.165) is 11.1 Å². The number of esters is 1. The molecule has 1 saturated heterocycles. The number of aliphatic hydroxyl groups is 1. The molecule has 1 N–H and O–H groups in total. The van der Waals surface area contributed by atoms with Crippen molar-refractivity contribution in [3.63, 3.8) is 0 Å². The number of ketones is 1. The van der Waals surface area contributed by atoms with Gasteiger partial charge in [-0.2, -0.15) is 0 Å². The van der Waals surface area contributed by atoms with Crippen LogP contribution < -0.4 is 9.64 Å². The molecule has 1 aliphatic rings. The highest BCUT2D eigenvalue weighted by molar-refractivity contribution is 6.51. The molecule has 1 unspecified atom stereocenters. The molecule has 1 fully saturated rings. The molecule has 7 nitrogen and oxygen atoms in total. The van der Waals surface area contributed by atoms with Gasteiger partial charge in [-0.15, -0.1) is 0 Å². The van der Waals surface area contributed by atoms with Crippen LogP contribution in [0.5, 0.6) is 5.75 Å². The summed E-state index contributed by atoms with van der Waals surface area (Å²) >= 11 is 0. The molecule has 3 aromatic carbocycles. The Kier molecular flexibility index (Phi) is 7.20. The second-order valence-corrected chi connectivity index (χ2v) is 8.43. The van der Waals surface area contributed by atoms with E-state index in [-0.39, 0.29) is 23.7 Å². The van der Waals surface area contributed by atoms with Gasteiger partial charge in [0.15, 0.2) is 0 Å². The largest absolute Gasteiger partial charge is 0.507 e. The molecule has 0 saturated carbocycles.